The molecule has 0 fully saturated rings. The normalized spacial score (nSPS) is 11.3. The maximum atomic E-state index is 12.1. The Morgan fingerprint density at radius 3 is 2.44 bits per heavy atom. The molecule has 140 valence electrons. The largest absolute Gasteiger partial charge is 0.480 e. The Morgan fingerprint density at radius 2 is 1.81 bits per heavy atom. The van der Waals surface area contributed by atoms with Gasteiger partial charge in [-0.2, -0.15) is 0 Å². The summed E-state index contributed by atoms with van der Waals surface area (Å²) in [4.78, 5) is 45.4. The van der Waals surface area contributed by atoms with Crippen LogP contribution in [-0.4, -0.2) is 33.9 Å². The molecule has 0 aromatic heterocycles. The number of aliphatic carboxylic acids is 1. The number of esters is 1. The van der Waals surface area contributed by atoms with Crippen molar-refractivity contribution in [1.82, 2.24) is 5.32 Å². The Bertz CT molecular complexity index is 852. The summed E-state index contributed by atoms with van der Waals surface area (Å²) >= 11 is 0. The number of non-ortho nitro benzene ring substituents is 1. The van der Waals surface area contributed by atoms with E-state index in [1.54, 1.807) is 30.3 Å². The predicted octanol–water partition coefficient (Wildman–Crippen LogP) is 1.91. The van der Waals surface area contributed by atoms with Gasteiger partial charge in [-0.1, -0.05) is 36.4 Å². The molecule has 9 heteroatoms. The van der Waals surface area contributed by atoms with E-state index in [2.05, 4.69) is 5.32 Å². The molecule has 0 saturated carbocycles. The first-order chi connectivity index (χ1) is 12.9. The summed E-state index contributed by atoms with van der Waals surface area (Å²) in [5.74, 6) is -3.07. The topological polar surface area (TPSA) is 136 Å². The van der Waals surface area contributed by atoms with Gasteiger partial charge in [-0.05, 0) is 11.6 Å². The molecule has 0 heterocycles. The number of carbonyl (C=O) groups excluding carboxylic acids is 2. The highest BCUT2D eigenvalue weighted by atomic mass is 16.6. The summed E-state index contributed by atoms with van der Waals surface area (Å²) in [5.41, 5.74) is 0.336. The van der Waals surface area contributed by atoms with Gasteiger partial charge in [-0.25, -0.2) is 4.79 Å². The quantitative estimate of drug-likeness (QED) is 0.410. The Labute approximate surface area is 153 Å². The summed E-state index contributed by atoms with van der Waals surface area (Å²) in [5, 5.41) is 22.1. The molecule has 0 unspecified atom stereocenters. The van der Waals surface area contributed by atoms with E-state index in [1.807, 2.05) is 0 Å². The SMILES string of the molecule is O=C(C[C@H](NC(=O)c1cccc([N+](=O)[O-])c1)C(=O)O)OCc1ccccc1. The van der Waals surface area contributed by atoms with Gasteiger partial charge in [-0.15, -0.1) is 0 Å². The van der Waals surface area contributed by atoms with Crippen LogP contribution in [0.15, 0.2) is 54.6 Å². The molecule has 1 atom stereocenters. The minimum absolute atomic E-state index is 0.0230. The fourth-order valence-corrected chi connectivity index (χ4v) is 2.17. The summed E-state index contributed by atoms with van der Waals surface area (Å²) in [7, 11) is 0. The lowest BCUT2D eigenvalue weighted by Gasteiger charge is -2.14. The van der Waals surface area contributed by atoms with Crippen molar-refractivity contribution in [3.63, 3.8) is 0 Å². The van der Waals surface area contributed by atoms with E-state index in [4.69, 9.17) is 4.74 Å². The molecule has 0 aliphatic rings. The van der Waals surface area contributed by atoms with Crippen LogP contribution in [0.1, 0.15) is 22.3 Å². The number of amides is 1. The summed E-state index contributed by atoms with van der Waals surface area (Å²) < 4.78 is 5.00. The number of carbonyl (C=O) groups is 3. The van der Waals surface area contributed by atoms with Crippen molar-refractivity contribution in [3.05, 3.63) is 75.8 Å². The highest BCUT2D eigenvalue weighted by molar-refractivity contribution is 5.97. The molecular weight excluding hydrogens is 356 g/mol. The van der Waals surface area contributed by atoms with Crippen LogP contribution in [0.2, 0.25) is 0 Å². The van der Waals surface area contributed by atoms with E-state index >= 15 is 0 Å². The van der Waals surface area contributed by atoms with Crippen LogP contribution in [0, 0.1) is 10.1 Å². The number of nitro benzene ring substituents is 1. The smallest absolute Gasteiger partial charge is 0.326 e. The monoisotopic (exact) mass is 372 g/mol. The first-order valence-corrected chi connectivity index (χ1v) is 7.84. The molecule has 1 amide bonds. The van der Waals surface area contributed by atoms with Crippen LogP contribution in [0.25, 0.3) is 0 Å². The molecule has 0 bridgehead atoms. The first-order valence-electron chi connectivity index (χ1n) is 7.84. The maximum absolute atomic E-state index is 12.1. The summed E-state index contributed by atoms with van der Waals surface area (Å²) in [6.45, 7) is -0.0230. The highest BCUT2D eigenvalue weighted by Gasteiger charge is 2.25. The lowest BCUT2D eigenvalue weighted by Crippen LogP contribution is -2.42. The molecule has 0 spiro atoms. The number of rotatable bonds is 8. The third-order valence-electron chi connectivity index (χ3n) is 3.54. The minimum atomic E-state index is -1.53. The number of nitro groups is 1. The number of hydrogen-bond donors (Lipinski definition) is 2. The predicted molar refractivity (Wildman–Crippen MR) is 92.8 cm³/mol. The second-order valence-corrected chi connectivity index (χ2v) is 5.52. The average Bonchev–Trinajstić information content (AvgIpc) is 2.66. The van der Waals surface area contributed by atoms with Crippen LogP contribution in [0.3, 0.4) is 0 Å². The fourth-order valence-electron chi connectivity index (χ4n) is 2.17. The lowest BCUT2D eigenvalue weighted by molar-refractivity contribution is -0.384. The molecule has 2 rings (SSSR count). The second kappa shape index (κ2) is 9.09. The standard InChI is InChI=1S/C18H16N2O7/c21-16(27-11-12-5-2-1-3-6-12)10-15(18(23)24)19-17(22)13-7-4-8-14(9-13)20(25)26/h1-9,15H,10-11H2,(H,19,22)(H,23,24)/t15-/m0/s1. The Balaban J connectivity index is 1.97. The fraction of sp³-hybridized carbons (Fsp3) is 0.167. The molecule has 27 heavy (non-hydrogen) atoms. The average molecular weight is 372 g/mol. The van der Waals surface area contributed by atoms with E-state index < -0.39 is 35.2 Å². The number of carboxylic acid groups (broad SMARTS) is 1. The molecule has 0 saturated heterocycles. The van der Waals surface area contributed by atoms with E-state index in [0.717, 1.165) is 11.6 Å². The third kappa shape index (κ3) is 5.92. The minimum Gasteiger partial charge on any atom is -0.480 e. The Hall–Kier alpha value is -3.75. The van der Waals surface area contributed by atoms with Gasteiger partial charge in [0.1, 0.15) is 12.6 Å². The van der Waals surface area contributed by atoms with Crippen LogP contribution in [-0.2, 0) is 20.9 Å². The van der Waals surface area contributed by atoms with Crippen LogP contribution in [0.5, 0.6) is 0 Å². The van der Waals surface area contributed by atoms with Crippen molar-refractivity contribution in [3.8, 4) is 0 Å². The Kier molecular flexibility index (Phi) is 6.59. The van der Waals surface area contributed by atoms with Crippen molar-refractivity contribution >= 4 is 23.5 Å². The van der Waals surface area contributed by atoms with Gasteiger partial charge in [-0.3, -0.25) is 19.7 Å². The molecule has 9 nitrogen and oxygen atoms in total. The summed E-state index contributed by atoms with van der Waals surface area (Å²) in [6.07, 6.45) is -0.581. The van der Waals surface area contributed by atoms with E-state index in [1.165, 1.54) is 18.2 Å². The number of nitrogens with one attached hydrogen (secondary N) is 1. The molecule has 0 aliphatic heterocycles. The number of ether oxygens (including phenoxy) is 1. The number of benzene rings is 2. The Morgan fingerprint density at radius 1 is 1.11 bits per heavy atom. The van der Waals surface area contributed by atoms with E-state index in [9.17, 15) is 29.6 Å². The van der Waals surface area contributed by atoms with Gasteiger partial charge in [0.25, 0.3) is 11.6 Å². The number of nitrogens with zero attached hydrogens (tertiary/aromatic N) is 1. The molecule has 2 N–H and O–H groups in total. The van der Waals surface area contributed by atoms with Crippen molar-refractivity contribution in [2.75, 3.05) is 0 Å². The lowest BCUT2D eigenvalue weighted by atomic mass is 10.1. The van der Waals surface area contributed by atoms with Gasteiger partial charge in [0.15, 0.2) is 0 Å². The van der Waals surface area contributed by atoms with Crippen molar-refractivity contribution in [2.45, 2.75) is 19.1 Å². The number of hydrogen-bond acceptors (Lipinski definition) is 6. The molecule has 2 aromatic rings. The zero-order chi connectivity index (χ0) is 19.8. The highest BCUT2D eigenvalue weighted by Crippen LogP contribution is 2.13. The zero-order valence-electron chi connectivity index (χ0n) is 14.0. The second-order valence-electron chi connectivity index (χ2n) is 5.52. The van der Waals surface area contributed by atoms with Crippen molar-refractivity contribution < 1.29 is 29.2 Å². The van der Waals surface area contributed by atoms with Crippen molar-refractivity contribution in [2.24, 2.45) is 0 Å². The first kappa shape index (κ1) is 19.6. The zero-order valence-corrected chi connectivity index (χ0v) is 14.0. The molecule has 0 aliphatic carbocycles. The van der Waals surface area contributed by atoms with Crippen LogP contribution in [0.4, 0.5) is 5.69 Å². The molecular formula is C18H16N2O7. The van der Waals surface area contributed by atoms with Crippen LogP contribution >= 0.6 is 0 Å². The van der Waals surface area contributed by atoms with Gasteiger partial charge < -0.3 is 15.2 Å². The number of carboxylic acids is 1. The maximum Gasteiger partial charge on any atom is 0.326 e. The molecule has 0 radical (unpaired) electrons. The molecule has 2 aromatic carbocycles. The third-order valence-corrected chi connectivity index (χ3v) is 3.54. The van der Waals surface area contributed by atoms with Gasteiger partial charge >= 0.3 is 11.9 Å². The van der Waals surface area contributed by atoms with Crippen LogP contribution < -0.4 is 5.32 Å². The van der Waals surface area contributed by atoms with E-state index in [0.29, 0.717) is 0 Å². The van der Waals surface area contributed by atoms with E-state index in [-0.39, 0.29) is 17.9 Å². The van der Waals surface area contributed by atoms with Gasteiger partial charge in [0.05, 0.1) is 11.3 Å². The summed E-state index contributed by atoms with van der Waals surface area (Å²) in [6, 6.07) is 12.1. The van der Waals surface area contributed by atoms with Gasteiger partial charge in [0.2, 0.25) is 0 Å². The van der Waals surface area contributed by atoms with Crippen molar-refractivity contribution in [1.29, 1.82) is 0 Å². The van der Waals surface area contributed by atoms with Gasteiger partial charge in [0, 0.05) is 17.7 Å².